The molecule has 0 fully saturated rings. The lowest BCUT2D eigenvalue weighted by atomic mass is 10.0. The number of hydrogen-bond acceptors (Lipinski definition) is 2. The van der Waals surface area contributed by atoms with Crippen molar-refractivity contribution >= 4 is 18.4 Å². The summed E-state index contributed by atoms with van der Waals surface area (Å²) in [5, 5.41) is 2.72. The van der Waals surface area contributed by atoms with Crippen LogP contribution in [-0.4, -0.2) is 13.1 Å². The van der Waals surface area contributed by atoms with Crippen LogP contribution < -0.4 is 19.7 Å². The fourth-order valence-electron chi connectivity index (χ4n) is 3.59. The molecule has 0 radical (unpaired) electrons. The molecule has 3 aromatic rings. The number of benzene rings is 2. The third-order valence-electron chi connectivity index (χ3n) is 5.02. The first-order valence-electron chi connectivity index (χ1n) is 8.21. The van der Waals surface area contributed by atoms with E-state index in [1.165, 1.54) is 15.9 Å². The average molecular weight is 333 g/mol. The van der Waals surface area contributed by atoms with Gasteiger partial charge in [0.2, 0.25) is 5.69 Å². The number of para-hydroxylation sites is 1. The maximum atomic E-state index is 6.43. The van der Waals surface area contributed by atoms with E-state index in [1.807, 2.05) is 24.7 Å². The van der Waals surface area contributed by atoms with Gasteiger partial charge in [-0.1, -0.05) is 43.4 Å². The average Bonchev–Trinajstić information content (AvgIpc) is 2.56. The first kappa shape index (κ1) is 15.1. The molecular weight excluding hydrogens is 312 g/mol. The Bertz CT molecular complexity index is 950. The van der Waals surface area contributed by atoms with Gasteiger partial charge in [-0.25, -0.2) is 0 Å². The third-order valence-corrected chi connectivity index (χ3v) is 8.52. The summed E-state index contributed by atoms with van der Waals surface area (Å²) in [6, 6.07) is 12.9. The summed E-state index contributed by atoms with van der Waals surface area (Å²) in [6.45, 7) is 6.94. The minimum absolute atomic E-state index is 1.00. The van der Waals surface area contributed by atoms with Crippen molar-refractivity contribution in [2.45, 2.75) is 20.0 Å². The van der Waals surface area contributed by atoms with Gasteiger partial charge in [0.25, 0.3) is 0 Å². The normalized spacial score (nSPS) is 14.5. The Morgan fingerprint density at radius 2 is 1.83 bits per heavy atom. The van der Waals surface area contributed by atoms with Crippen LogP contribution in [0, 0.1) is 6.92 Å². The fourth-order valence-corrected chi connectivity index (χ4v) is 6.39. The zero-order chi connectivity index (χ0) is 16.9. The van der Waals surface area contributed by atoms with Crippen LogP contribution in [0.15, 0.2) is 55.0 Å². The Balaban J connectivity index is 2.03. The molecule has 1 aliphatic heterocycles. The molecule has 0 N–H and O–H groups in total. The summed E-state index contributed by atoms with van der Waals surface area (Å²) in [7, 11) is 0.260. The summed E-state index contributed by atoms with van der Waals surface area (Å²) < 4.78 is 8.53. The van der Waals surface area contributed by atoms with Crippen LogP contribution in [0.2, 0.25) is 13.1 Å². The van der Waals surface area contributed by atoms with Gasteiger partial charge in [0.15, 0.2) is 6.20 Å². The smallest absolute Gasteiger partial charge is 0.234 e. The van der Waals surface area contributed by atoms with Crippen molar-refractivity contribution in [3.8, 4) is 22.8 Å². The van der Waals surface area contributed by atoms with Gasteiger partial charge >= 0.3 is 0 Å². The van der Waals surface area contributed by atoms with Crippen molar-refractivity contribution in [1.82, 2.24) is 4.98 Å². The van der Waals surface area contributed by atoms with E-state index in [-0.39, 0.29) is 0 Å². The largest absolute Gasteiger partial charge is 0.457 e. The van der Waals surface area contributed by atoms with Crippen LogP contribution in [-0.2, 0) is 7.05 Å². The maximum absolute atomic E-state index is 6.43. The highest BCUT2D eigenvalue weighted by Gasteiger charge is 2.38. The van der Waals surface area contributed by atoms with Crippen LogP contribution in [0.3, 0.4) is 0 Å². The van der Waals surface area contributed by atoms with Crippen molar-refractivity contribution in [3.05, 3.63) is 60.6 Å². The Morgan fingerprint density at radius 3 is 2.62 bits per heavy atom. The van der Waals surface area contributed by atoms with Crippen molar-refractivity contribution in [2.24, 2.45) is 7.05 Å². The van der Waals surface area contributed by atoms with E-state index in [4.69, 9.17) is 4.74 Å². The highest BCUT2D eigenvalue weighted by atomic mass is 28.3. The lowest BCUT2D eigenvalue weighted by Crippen LogP contribution is -2.56. The minimum Gasteiger partial charge on any atom is -0.457 e. The molecule has 0 unspecified atom stereocenters. The topological polar surface area (TPSA) is 26.0 Å². The van der Waals surface area contributed by atoms with Crippen LogP contribution in [0.1, 0.15) is 5.56 Å². The van der Waals surface area contributed by atoms with Gasteiger partial charge in [0, 0.05) is 0 Å². The number of nitrogens with zero attached hydrogens (tertiary/aromatic N) is 2. The molecule has 120 valence electrons. The third kappa shape index (κ3) is 2.10. The number of hydrogen-bond donors (Lipinski definition) is 0. The number of fused-ring (bicyclic) bond motifs is 2. The van der Waals surface area contributed by atoms with Gasteiger partial charge in [-0.05, 0) is 28.9 Å². The second-order valence-electron chi connectivity index (χ2n) is 6.93. The van der Waals surface area contributed by atoms with Crippen LogP contribution in [0.25, 0.3) is 11.3 Å². The molecule has 1 aromatic heterocycles. The summed E-state index contributed by atoms with van der Waals surface area (Å²) in [4.78, 5) is 4.33. The molecule has 2 heterocycles. The van der Waals surface area contributed by atoms with Crippen LogP contribution in [0.5, 0.6) is 11.5 Å². The monoisotopic (exact) mass is 333 g/mol. The number of aromatic nitrogens is 2. The number of aryl methyl sites for hydroxylation is 2. The molecular formula is C20H21N2OSi+. The molecule has 0 spiro atoms. The first-order valence-corrected chi connectivity index (χ1v) is 11.2. The minimum atomic E-state index is -1.79. The Morgan fingerprint density at radius 1 is 1.04 bits per heavy atom. The van der Waals surface area contributed by atoms with E-state index in [1.54, 1.807) is 0 Å². The molecule has 0 bridgehead atoms. The quantitative estimate of drug-likeness (QED) is 0.506. The maximum Gasteiger partial charge on any atom is 0.234 e. The number of rotatable bonds is 1. The molecule has 0 aliphatic carbocycles. The van der Waals surface area contributed by atoms with Crippen molar-refractivity contribution in [2.75, 3.05) is 0 Å². The van der Waals surface area contributed by atoms with E-state index < -0.39 is 8.07 Å². The summed E-state index contributed by atoms with van der Waals surface area (Å²) in [5.41, 5.74) is 3.44. The second kappa shape index (κ2) is 5.28. The molecule has 2 aromatic carbocycles. The SMILES string of the molecule is Cc1ccc2c(c1-c1cncc[n+]1C)Oc1ccccc1[Si]2(C)C. The van der Waals surface area contributed by atoms with Crippen molar-refractivity contribution in [1.29, 1.82) is 0 Å². The molecule has 24 heavy (non-hydrogen) atoms. The molecule has 1 aliphatic rings. The molecule has 0 saturated carbocycles. The van der Waals surface area contributed by atoms with Gasteiger partial charge in [0.05, 0.1) is 18.0 Å². The summed E-state index contributed by atoms with van der Waals surface area (Å²) in [6.07, 6.45) is 5.71. The Labute approximate surface area is 143 Å². The van der Waals surface area contributed by atoms with Gasteiger partial charge in [-0.3, -0.25) is 4.98 Å². The zero-order valence-corrected chi connectivity index (χ0v) is 15.5. The van der Waals surface area contributed by atoms with E-state index in [0.717, 1.165) is 22.8 Å². The van der Waals surface area contributed by atoms with Crippen molar-refractivity contribution < 1.29 is 9.30 Å². The van der Waals surface area contributed by atoms with Crippen LogP contribution in [0.4, 0.5) is 0 Å². The molecule has 3 nitrogen and oxygen atoms in total. The second-order valence-corrected chi connectivity index (χ2v) is 11.3. The predicted molar refractivity (Wildman–Crippen MR) is 98.9 cm³/mol. The van der Waals surface area contributed by atoms with Gasteiger partial charge in [0.1, 0.15) is 26.6 Å². The summed E-state index contributed by atoms with van der Waals surface area (Å²) >= 11 is 0. The van der Waals surface area contributed by atoms with Gasteiger partial charge < -0.3 is 4.74 Å². The number of ether oxygens (including phenoxy) is 1. The molecule has 0 atom stereocenters. The van der Waals surface area contributed by atoms with Gasteiger partial charge in [-0.15, -0.1) is 0 Å². The molecule has 4 rings (SSSR count). The van der Waals surface area contributed by atoms with E-state index in [2.05, 4.69) is 66.9 Å². The highest BCUT2D eigenvalue weighted by molar-refractivity contribution is 7.01. The predicted octanol–water partition coefficient (Wildman–Crippen LogP) is 2.81. The van der Waals surface area contributed by atoms with E-state index in [0.29, 0.717) is 0 Å². The van der Waals surface area contributed by atoms with E-state index >= 15 is 0 Å². The molecule has 0 saturated heterocycles. The Hall–Kier alpha value is -2.46. The van der Waals surface area contributed by atoms with Gasteiger partial charge in [-0.2, -0.15) is 4.57 Å². The van der Waals surface area contributed by atoms with Crippen molar-refractivity contribution in [3.63, 3.8) is 0 Å². The lowest BCUT2D eigenvalue weighted by molar-refractivity contribution is -0.660. The molecule has 0 amide bonds. The zero-order valence-electron chi connectivity index (χ0n) is 14.5. The molecule has 4 heteroatoms. The Kier molecular flexibility index (Phi) is 3.32. The first-order chi connectivity index (χ1) is 11.5. The highest BCUT2D eigenvalue weighted by Crippen LogP contribution is 2.37. The fraction of sp³-hybridized carbons (Fsp3) is 0.200. The summed E-state index contributed by atoms with van der Waals surface area (Å²) in [5.74, 6) is 2.01. The standard InChI is InChI=1S/C20H21N2OSi/c1-14-9-10-18-20(19(14)15-13-21-11-12-22(15)2)23-16-7-5-6-8-17(16)24(18,3)4/h5-13H,1-4H3/q+1. The van der Waals surface area contributed by atoms with E-state index in [9.17, 15) is 0 Å². The lowest BCUT2D eigenvalue weighted by Gasteiger charge is -2.34. The van der Waals surface area contributed by atoms with Crippen LogP contribution >= 0.6 is 0 Å².